The van der Waals surface area contributed by atoms with E-state index >= 15 is 0 Å². The minimum absolute atomic E-state index is 0.0651. The third-order valence-electron chi connectivity index (χ3n) is 3.67. The molecule has 0 bridgehead atoms. The van der Waals surface area contributed by atoms with E-state index in [1.807, 2.05) is 0 Å². The molecule has 0 aromatic carbocycles. The first kappa shape index (κ1) is 18.1. The zero-order valence-corrected chi connectivity index (χ0v) is 13.7. The Hall–Kier alpha value is -1.96. The lowest BCUT2D eigenvalue weighted by molar-refractivity contribution is -0.389. The molecular weight excluding hydrogens is 286 g/mol. The lowest BCUT2D eigenvalue weighted by Crippen LogP contribution is -2.38. The van der Waals surface area contributed by atoms with Gasteiger partial charge in [-0.3, -0.25) is 4.79 Å². The fraction of sp³-hybridized carbons (Fsp3) is 0.714. The van der Waals surface area contributed by atoms with E-state index in [0.29, 0.717) is 18.8 Å². The van der Waals surface area contributed by atoms with Gasteiger partial charge in [-0.25, -0.2) is 0 Å². The van der Waals surface area contributed by atoms with Gasteiger partial charge in [-0.1, -0.05) is 20.8 Å². The van der Waals surface area contributed by atoms with Crippen molar-refractivity contribution in [2.45, 2.75) is 34.2 Å². The van der Waals surface area contributed by atoms with E-state index in [4.69, 9.17) is 0 Å². The highest BCUT2D eigenvalue weighted by atomic mass is 16.6. The average Bonchev–Trinajstić information content (AvgIpc) is 2.85. The Morgan fingerprint density at radius 3 is 2.64 bits per heavy atom. The maximum absolute atomic E-state index is 12.1. The molecule has 0 saturated heterocycles. The van der Waals surface area contributed by atoms with Gasteiger partial charge in [0.15, 0.2) is 0 Å². The molecule has 1 amide bonds. The van der Waals surface area contributed by atoms with Crippen LogP contribution in [-0.4, -0.2) is 51.7 Å². The minimum atomic E-state index is -0.529. The molecule has 1 N–H and O–H groups in total. The Bertz CT molecular complexity index is 511. The fourth-order valence-corrected chi connectivity index (χ4v) is 2.16. The third kappa shape index (κ3) is 5.10. The van der Waals surface area contributed by atoms with Crippen LogP contribution in [-0.2, 0) is 11.3 Å². The zero-order valence-electron chi connectivity index (χ0n) is 13.7. The highest BCUT2D eigenvalue weighted by molar-refractivity contribution is 5.78. The first-order chi connectivity index (χ1) is 10.4. The van der Waals surface area contributed by atoms with Gasteiger partial charge < -0.3 is 20.3 Å². The maximum Gasteiger partial charge on any atom is 0.390 e. The highest BCUT2D eigenvalue weighted by Crippen LogP contribution is 2.12. The van der Waals surface area contributed by atoms with Gasteiger partial charge in [0.1, 0.15) is 0 Å². The second-order valence-corrected chi connectivity index (χ2v) is 5.30. The predicted octanol–water partition coefficient (Wildman–Crippen LogP) is 1.19. The van der Waals surface area contributed by atoms with Crippen molar-refractivity contribution in [3.63, 3.8) is 0 Å². The Kier molecular flexibility index (Phi) is 6.97. The van der Waals surface area contributed by atoms with Gasteiger partial charge in [-0.15, -0.1) is 0 Å². The number of hydrogen-bond donors (Lipinski definition) is 1. The molecule has 0 aliphatic heterocycles. The van der Waals surface area contributed by atoms with E-state index in [-0.39, 0.29) is 17.6 Å². The lowest BCUT2D eigenvalue weighted by atomic mass is 10.1. The molecule has 1 unspecified atom stereocenters. The number of carbonyl (C=O) groups is 1. The van der Waals surface area contributed by atoms with E-state index in [9.17, 15) is 14.9 Å². The molecule has 0 aliphatic rings. The number of nitro groups is 1. The Labute approximate surface area is 130 Å². The smallest absolute Gasteiger partial charge is 0.358 e. The van der Waals surface area contributed by atoms with Crippen molar-refractivity contribution in [3.8, 4) is 0 Å². The van der Waals surface area contributed by atoms with Crippen molar-refractivity contribution in [2.24, 2.45) is 5.92 Å². The molecule has 0 aliphatic carbocycles. The molecule has 8 heteroatoms. The topological polar surface area (TPSA) is 93.3 Å². The molecule has 0 radical (unpaired) electrons. The summed E-state index contributed by atoms with van der Waals surface area (Å²) in [6.45, 7) is 11.4. The molecule has 124 valence electrons. The molecular formula is C14H25N5O3. The molecule has 1 aromatic rings. The monoisotopic (exact) mass is 311 g/mol. The van der Waals surface area contributed by atoms with Crippen molar-refractivity contribution >= 4 is 11.7 Å². The fourth-order valence-electron chi connectivity index (χ4n) is 2.16. The van der Waals surface area contributed by atoms with Crippen LogP contribution in [0, 0.1) is 23.0 Å². The summed E-state index contributed by atoms with van der Waals surface area (Å²) in [5.41, 5.74) is 0.675. The molecule has 8 nitrogen and oxygen atoms in total. The minimum Gasteiger partial charge on any atom is -0.358 e. The number of aromatic nitrogens is 2. The van der Waals surface area contributed by atoms with Crippen LogP contribution in [0.2, 0.25) is 0 Å². The van der Waals surface area contributed by atoms with Gasteiger partial charge in [0, 0.05) is 13.1 Å². The summed E-state index contributed by atoms with van der Waals surface area (Å²) in [4.78, 5) is 24.4. The summed E-state index contributed by atoms with van der Waals surface area (Å²) in [6, 6.07) is 1.41. The van der Waals surface area contributed by atoms with Crippen LogP contribution in [0.15, 0.2) is 6.07 Å². The Morgan fingerprint density at radius 1 is 1.50 bits per heavy atom. The van der Waals surface area contributed by atoms with Crippen molar-refractivity contribution in [3.05, 3.63) is 21.9 Å². The molecule has 0 spiro atoms. The molecule has 0 fully saturated rings. The van der Waals surface area contributed by atoms with E-state index < -0.39 is 4.92 Å². The number of nitrogens with one attached hydrogen (secondary N) is 1. The summed E-state index contributed by atoms with van der Waals surface area (Å²) in [5.74, 6) is -0.550. The quantitative estimate of drug-likeness (QED) is 0.546. The van der Waals surface area contributed by atoms with Gasteiger partial charge in [0.05, 0.1) is 29.3 Å². The normalized spacial score (nSPS) is 12.4. The number of carbonyl (C=O) groups excluding carboxylic acids is 1. The number of rotatable bonds is 9. The van der Waals surface area contributed by atoms with Crippen molar-refractivity contribution in [2.75, 3.05) is 26.2 Å². The van der Waals surface area contributed by atoms with Gasteiger partial charge in [-0.2, -0.15) is 4.68 Å². The highest BCUT2D eigenvalue weighted by Gasteiger charge is 2.20. The zero-order chi connectivity index (χ0) is 16.7. The van der Waals surface area contributed by atoms with Crippen molar-refractivity contribution < 1.29 is 9.72 Å². The number of aryl methyl sites for hydroxylation is 1. The second kappa shape index (κ2) is 8.47. The summed E-state index contributed by atoms with van der Waals surface area (Å²) in [7, 11) is 0. The van der Waals surface area contributed by atoms with Gasteiger partial charge in [0.25, 0.3) is 0 Å². The van der Waals surface area contributed by atoms with E-state index in [2.05, 4.69) is 29.2 Å². The van der Waals surface area contributed by atoms with Crippen LogP contribution in [0.25, 0.3) is 0 Å². The van der Waals surface area contributed by atoms with Gasteiger partial charge >= 0.3 is 5.82 Å². The van der Waals surface area contributed by atoms with Crippen LogP contribution in [0.3, 0.4) is 0 Å². The largest absolute Gasteiger partial charge is 0.390 e. The maximum atomic E-state index is 12.1. The molecule has 0 saturated carbocycles. The average molecular weight is 311 g/mol. The first-order valence-electron chi connectivity index (χ1n) is 7.57. The summed E-state index contributed by atoms with van der Waals surface area (Å²) in [5, 5.41) is 17.5. The van der Waals surface area contributed by atoms with Crippen LogP contribution in [0.1, 0.15) is 26.5 Å². The summed E-state index contributed by atoms with van der Waals surface area (Å²) in [6.07, 6.45) is 0. The number of hydrogen-bond acceptors (Lipinski definition) is 5. The summed E-state index contributed by atoms with van der Waals surface area (Å²) >= 11 is 0. The number of likely N-dealkylation sites (N-methyl/N-ethyl adjacent to an activating group) is 1. The van der Waals surface area contributed by atoms with Crippen LogP contribution >= 0.6 is 0 Å². The standard InChI is InChI=1S/C14H25N5O3/c1-5-17(6-2)8-7-15-14(20)11(3)10-18-12(4)9-13(16-18)19(21)22/h9,11H,5-8,10H2,1-4H3,(H,15,20). The predicted molar refractivity (Wildman–Crippen MR) is 83.6 cm³/mol. The lowest BCUT2D eigenvalue weighted by Gasteiger charge is -2.19. The van der Waals surface area contributed by atoms with Gasteiger partial charge in [-0.05, 0) is 24.9 Å². The number of nitrogens with zero attached hydrogens (tertiary/aromatic N) is 4. The third-order valence-corrected chi connectivity index (χ3v) is 3.67. The SMILES string of the molecule is CCN(CC)CCNC(=O)C(C)Cn1nc([N+](=O)[O-])cc1C. The van der Waals surface area contributed by atoms with Crippen LogP contribution < -0.4 is 5.32 Å². The molecule has 1 atom stereocenters. The van der Waals surface area contributed by atoms with Crippen molar-refractivity contribution in [1.29, 1.82) is 0 Å². The Morgan fingerprint density at radius 2 is 2.14 bits per heavy atom. The molecule has 22 heavy (non-hydrogen) atoms. The van der Waals surface area contributed by atoms with Crippen LogP contribution in [0.4, 0.5) is 5.82 Å². The van der Waals surface area contributed by atoms with E-state index in [1.165, 1.54) is 10.7 Å². The Balaban J connectivity index is 2.49. The summed E-state index contributed by atoms with van der Waals surface area (Å²) < 4.78 is 1.51. The van der Waals surface area contributed by atoms with Crippen LogP contribution in [0.5, 0.6) is 0 Å². The molecule has 1 aromatic heterocycles. The van der Waals surface area contributed by atoms with E-state index in [1.54, 1.807) is 13.8 Å². The molecule has 1 heterocycles. The van der Waals surface area contributed by atoms with Crippen molar-refractivity contribution in [1.82, 2.24) is 20.0 Å². The van der Waals surface area contributed by atoms with E-state index in [0.717, 1.165) is 19.6 Å². The second-order valence-electron chi connectivity index (χ2n) is 5.30. The first-order valence-corrected chi connectivity index (χ1v) is 7.57. The van der Waals surface area contributed by atoms with Gasteiger partial charge in [0.2, 0.25) is 5.91 Å². The molecule has 1 rings (SSSR count). The number of amides is 1.